The summed E-state index contributed by atoms with van der Waals surface area (Å²) in [5.41, 5.74) is 1.69. The molecule has 1 aromatic heterocycles. The van der Waals surface area contributed by atoms with Crippen LogP contribution in [0.2, 0.25) is 0 Å². The molecule has 0 aliphatic rings. The lowest BCUT2D eigenvalue weighted by atomic mass is 10.1. The van der Waals surface area contributed by atoms with Gasteiger partial charge in [-0.2, -0.15) is 0 Å². The van der Waals surface area contributed by atoms with Gasteiger partial charge in [-0.3, -0.25) is 9.59 Å². The summed E-state index contributed by atoms with van der Waals surface area (Å²) in [6, 6.07) is 4.78. The predicted octanol–water partition coefficient (Wildman–Crippen LogP) is 2.53. The number of amides is 2. The van der Waals surface area contributed by atoms with Gasteiger partial charge in [0.1, 0.15) is 10.8 Å². The number of benzene rings is 1. The highest BCUT2D eigenvalue weighted by molar-refractivity contribution is 7.09. The highest BCUT2D eigenvalue weighted by Gasteiger charge is 2.14. The Morgan fingerprint density at radius 3 is 2.42 bits per heavy atom. The molecule has 6 nitrogen and oxygen atoms in total. The van der Waals surface area contributed by atoms with Crippen LogP contribution in [0.25, 0.3) is 0 Å². The smallest absolute Gasteiger partial charge is 0.251 e. The molecule has 1 heterocycles. The molecule has 0 radical (unpaired) electrons. The summed E-state index contributed by atoms with van der Waals surface area (Å²) < 4.78 is 5.20. The summed E-state index contributed by atoms with van der Waals surface area (Å²) in [5, 5.41) is 8.38. The van der Waals surface area contributed by atoms with Crippen LogP contribution < -0.4 is 15.4 Å². The largest absolute Gasteiger partial charge is 0.497 e. The minimum Gasteiger partial charge on any atom is -0.497 e. The molecular weight excluding hydrogens is 326 g/mol. The fourth-order valence-corrected chi connectivity index (χ4v) is 2.78. The van der Waals surface area contributed by atoms with Crippen LogP contribution >= 0.6 is 11.3 Å². The summed E-state index contributed by atoms with van der Waals surface area (Å²) in [4.78, 5) is 28.8. The SMILES string of the molecule is COc1cc(C(=O)NCc2nc(C)cs2)cc(C(=O)NC(C)C)c1. The first-order chi connectivity index (χ1) is 11.4. The van der Waals surface area contributed by atoms with Crippen molar-refractivity contribution in [1.29, 1.82) is 0 Å². The summed E-state index contributed by atoms with van der Waals surface area (Å²) in [6.07, 6.45) is 0. The number of nitrogens with zero attached hydrogens (tertiary/aromatic N) is 1. The van der Waals surface area contributed by atoms with Gasteiger partial charge in [0.05, 0.1) is 13.7 Å². The van der Waals surface area contributed by atoms with Crippen LogP contribution in [0.15, 0.2) is 23.6 Å². The molecule has 0 aliphatic heterocycles. The van der Waals surface area contributed by atoms with Crippen LogP contribution in [0.3, 0.4) is 0 Å². The lowest BCUT2D eigenvalue weighted by Crippen LogP contribution is -2.30. The van der Waals surface area contributed by atoms with Gasteiger partial charge in [0.25, 0.3) is 11.8 Å². The average molecular weight is 347 g/mol. The number of nitrogens with one attached hydrogen (secondary N) is 2. The molecule has 0 unspecified atom stereocenters. The minimum absolute atomic E-state index is 0.00844. The molecule has 0 fully saturated rings. The number of aromatic nitrogens is 1. The topological polar surface area (TPSA) is 80.3 Å². The highest BCUT2D eigenvalue weighted by atomic mass is 32.1. The number of methoxy groups -OCH3 is 1. The van der Waals surface area contributed by atoms with Crippen LogP contribution in [-0.2, 0) is 6.54 Å². The molecule has 24 heavy (non-hydrogen) atoms. The Hall–Kier alpha value is -2.41. The second-order valence-corrected chi connectivity index (χ2v) is 6.59. The maximum absolute atomic E-state index is 12.4. The Balaban J connectivity index is 2.15. The van der Waals surface area contributed by atoms with E-state index in [-0.39, 0.29) is 17.9 Å². The van der Waals surface area contributed by atoms with Gasteiger partial charge < -0.3 is 15.4 Å². The normalized spacial score (nSPS) is 10.5. The van der Waals surface area contributed by atoms with Crippen molar-refractivity contribution in [1.82, 2.24) is 15.6 Å². The Morgan fingerprint density at radius 1 is 1.21 bits per heavy atom. The van der Waals surface area contributed by atoms with E-state index in [1.165, 1.54) is 18.4 Å². The lowest BCUT2D eigenvalue weighted by molar-refractivity contribution is 0.0942. The molecule has 128 valence electrons. The van der Waals surface area contributed by atoms with Gasteiger partial charge in [-0.15, -0.1) is 11.3 Å². The van der Waals surface area contributed by atoms with Crippen molar-refractivity contribution in [2.24, 2.45) is 0 Å². The minimum atomic E-state index is -0.277. The van der Waals surface area contributed by atoms with E-state index in [1.807, 2.05) is 26.2 Å². The Bertz CT molecular complexity index is 740. The third kappa shape index (κ3) is 4.79. The quantitative estimate of drug-likeness (QED) is 0.841. The zero-order chi connectivity index (χ0) is 17.7. The fraction of sp³-hybridized carbons (Fsp3) is 0.353. The van der Waals surface area contributed by atoms with Crippen LogP contribution in [-0.4, -0.2) is 29.9 Å². The molecule has 0 bridgehead atoms. The molecule has 2 amide bonds. The zero-order valence-electron chi connectivity index (χ0n) is 14.2. The number of carbonyl (C=O) groups is 2. The highest BCUT2D eigenvalue weighted by Crippen LogP contribution is 2.18. The van der Waals surface area contributed by atoms with Gasteiger partial charge in [-0.1, -0.05) is 0 Å². The van der Waals surface area contributed by atoms with E-state index in [2.05, 4.69) is 15.6 Å². The van der Waals surface area contributed by atoms with Gasteiger partial charge >= 0.3 is 0 Å². The molecule has 0 aliphatic carbocycles. The molecule has 2 N–H and O–H groups in total. The number of carbonyl (C=O) groups excluding carboxylic acids is 2. The molecule has 1 aromatic carbocycles. The number of hydrogen-bond donors (Lipinski definition) is 2. The van der Waals surface area contributed by atoms with Crippen molar-refractivity contribution in [3.8, 4) is 5.75 Å². The van der Waals surface area contributed by atoms with Crippen LogP contribution in [0.4, 0.5) is 0 Å². The van der Waals surface area contributed by atoms with Crippen LogP contribution in [0.1, 0.15) is 45.3 Å². The van der Waals surface area contributed by atoms with Crippen molar-refractivity contribution in [2.75, 3.05) is 7.11 Å². The second kappa shape index (κ2) is 7.92. The molecular formula is C17H21N3O3S. The van der Waals surface area contributed by atoms with Crippen molar-refractivity contribution in [2.45, 2.75) is 33.4 Å². The van der Waals surface area contributed by atoms with Gasteiger partial charge in [0.15, 0.2) is 0 Å². The van der Waals surface area contributed by atoms with Gasteiger partial charge in [0.2, 0.25) is 0 Å². The number of ether oxygens (including phenoxy) is 1. The third-order valence-electron chi connectivity index (χ3n) is 3.15. The lowest BCUT2D eigenvalue weighted by Gasteiger charge is -2.11. The van der Waals surface area contributed by atoms with E-state index in [4.69, 9.17) is 4.74 Å². The second-order valence-electron chi connectivity index (χ2n) is 5.64. The molecule has 0 saturated heterocycles. The van der Waals surface area contributed by atoms with E-state index >= 15 is 0 Å². The number of rotatable bonds is 6. The first-order valence-electron chi connectivity index (χ1n) is 7.58. The fourth-order valence-electron chi connectivity index (χ4n) is 2.07. The van der Waals surface area contributed by atoms with E-state index in [1.54, 1.807) is 18.2 Å². The first-order valence-corrected chi connectivity index (χ1v) is 8.46. The van der Waals surface area contributed by atoms with Crippen molar-refractivity contribution in [3.05, 3.63) is 45.4 Å². The molecule has 0 spiro atoms. The standard InChI is InChI=1S/C17H21N3O3S/c1-10(2)19-17(22)13-5-12(6-14(7-13)23-4)16(21)18-8-15-20-11(3)9-24-15/h5-7,9-10H,8H2,1-4H3,(H,18,21)(H,19,22). The average Bonchev–Trinajstić information content (AvgIpc) is 2.96. The van der Waals surface area contributed by atoms with Crippen molar-refractivity contribution >= 4 is 23.2 Å². The monoisotopic (exact) mass is 347 g/mol. The van der Waals surface area contributed by atoms with E-state index in [0.717, 1.165) is 10.7 Å². The summed E-state index contributed by atoms with van der Waals surface area (Å²) in [6.45, 7) is 6.01. The summed E-state index contributed by atoms with van der Waals surface area (Å²) in [5.74, 6) is -0.0597. The van der Waals surface area contributed by atoms with Crippen LogP contribution in [0, 0.1) is 6.92 Å². The predicted molar refractivity (Wildman–Crippen MR) is 93.6 cm³/mol. The van der Waals surface area contributed by atoms with Gasteiger partial charge in [-0.05, 0) is 39.0 Å². The Labute approximate surface area is 145 Å². The number of aryl methyl sites for hydroxylation is 1. The molecule has 2 rings (SSSR count). The number of hydrogen-bond acceptors (Lipinski definition) is 5. The third-order valence-corrected chi connectivity index (χ3v) is 4.12. The summed E-state index contributed by atoms with van der Waals surface area (Å²) in [7, 11) is 1.50. The van der Waals surface area contributed by atoms with E-state index in [0.29, 0.717) is 23.4 Å². The molecule has 0 saturated carbocycles. The Kier molecular flexibility index (Phi) is 5.92. The van der Waals surface area contributed by atoms with Crippen molar-refractivity contribution < 1.29 is 14.3 Å². The van der Waals surface area contributed by atoms with Gasteiger partial charge in [-0.25, -0.2) is 4.98 Å². The van der Waals surface area contributed by atoms with Gasteiger partial charge in [0, 0.05) is 28.2 Å². The maximum Gasteiger partial charge on any atom is 0.251 e. The zero-order valence-corrected chi connectivity index (χ0v) is 15.0. The van der Waals surface area contributed by atoms with E-state index in [9.17, 15) is 9.59 Å². The maximum atomic E-state index is 12.4. The summed E-state index contributed by atoms with van der Waals surface area (Å²) >= 11 is 1.49. The first kappa shape index (κ1) is 17.9. The van der Waals surface area contributed by atoms with Crippen molar-refractivity contribution in [3.63, 3.8) is 0 Å². The molecule has 7 heteroatoms. The molecule has 0 atom stereocenters. The van der Waals surface area contributed by atoms with E-state index < -0.39 is 0 Å². The Morgan fingerprint density at radius 2 is 1.88 bits per heavy atom. The number of thiazole rings is 1. The molecule has 2 aromatic rings. The van der Waals surface area contributed by atoms with Crippen LogP contribution in [0.5, 0.6) is 5.75 Å².